The van der Waals surface area contributed by atoms with E-state index in [1.807, 2.05) is 24.4 Å². The molecule has 1 aromatic carbocycles. The van der Waals surface area contributed by atoms with Gasteiger partial charge in [-0.05, 0) is 23.6 Å². The predicted molar refractivity (Wildman–Crippen MR) is 73.8 cm³/mol. The van der Waals surface area contributed by atoms with E-state index in [4.69, 9.17) is 0 Å². The Kier molecular flexibility index (Phi) is 3.71. The molecule has 1 aromatic heterocycles. The maximum Gasteiger partial charge on any atom is 0.0708 e. The quantitative estimate of drug-likeness (QED) is 0.751. The highest BCUT2D eigenvalue weighted by atomic mass is 14.7. The summed E-state index contributed by atoms with van der Waals surface area (Å²) in [6, 6.07) is 12.4. The van der Waals surface area contributed by atoms with Crippen molar-refractivity contribution < 1.29 is 0 Å². The van der Waals surface area contributed by atoms with Crippen molar-refractivity contribution in [3.05, 3.63) is 60.3 Å². The second kappa shape index (κ2) is 5.44. The van der Waals surface area contributed by atoms with Gasteiger partial charge in [0.1, 0.15) is 0 Å². The Balaban J connectivity index is 2.36. The van der Waals surface area contributed by atoms with Gasteiger partial charge in [-0.15, -0.1) is 0 Å². The molecular weight excluding hydrogens is 206 g/mol. The zero-order valence-corrected chi connectivity index (χ0v) is 10.2. The molecule has 0 aliphatic heterocycles. The van der Waals surface area contributed by atoms with Crippen LogP contribution in [-0.2, 0) is 6.42 Å². The van der Waals surface area contributed by atoms with Crippen LogP contribution in [0.4, 0.5) is 0 Å². The van der Waals surface area contributed by atoms with Crippen molar-refractivity contribution >= 4 is 6.08 Å². The molecule has 0 saturated carbocycles. The van der Waals surface area contributed by atoms with Gasteiger partial charge in [-0.25, -0.2) is 0 Å². The van der Waals surface area contributed by atoms with Crippen LogP contribution in [-0.4, -0.2) is 4.98 Å². The lowest BCUT2D eigenvalue weighted by Gasteiger charge is -2.06. The van der Waals surface area contributed by atoms with Crippen LogP contribution in [0.25, 0.3) is 17.3 Å². The van der Waals surface area contributed by atoms with E-state index in [9.17, 15) is 0 Å². The average molecular weight is 223 g/mol. The molecule has 86 valence electrons. The maximum absolute atomic E-state index is 4.53. The van der Waals surface area contributed by atoms with Crippen molar-refractivity contribution in [2.45, 2.75) is 19.8 Å². The fourth-order valence-electron chi connectivity index (χ4n) is 1.93. The second-order valence-electron chi connectivity index (χ2n) is 4.09. The third kappa shape index (κ3) is 2.62. The van der Waals surface area contributed by atoms with Crippen molar-refractivity contribution in [3.63, 3.8) is 0 Å². The minimum Gasteiger partial charge on any atom is -0.256 e. The van der Waals surface area contributed by atoms with Crippen LogP contribution < -0.4 is 0 Å². The first-order chi connectivity index (χ1) is 8.35. The van der Waals surface area contributed by atoms with Crippen molar-refractivity contribution in [1.29, 1.82) is 0 Å². The molecule has 0 aliphatic rings. The SMILES string of the molecule is C=Cc1ccccc1-c1ccc(CCC)cn1. The molecular formula is C16H17N. The summed E-state index contributed by atoms with van der Waals surface area (Å²) in [7, 11) is 0. The van der Waals surface area contributed by atoms with Gasteiger partial charge < -0.3 is 0 Å². The number of rotatable bonds is 4. The summed E-state index contributed by atoms with van der Waals surface area (Å²) >= 11 is 0. The average Bonchev–Trinajstić information content (AvgIpc) is 2.40. The normalized spacial score (nSPS) is 10.2. The van der Waals surface area contributed by atoms with Gasteiger partial charge in [-0.3, -0.25) is 4.98 Å². The summed E-state index contributed by atoms with van der Waals surface area (Å²) in [6.07, 6.45) is 6.09. The summed E-state index contributed by atoms with van der Waals surface area (Å²) in [4.78, 5) is 4.53. The molecule has 1 nitrogen and oxygen atoms in total. The number of pyridine rings is 1. The molecule has 0 fully saturated rings. The Labute approximate surface area is 103 Å². The fourth-order valence-corrected chi connectivity index (χ4v) is 1.93. The van der Waals surface area contributed by atoms with Crippen LogP contribution in [0.5, 0.6) is 0 Å². The van der Waals surface area contributed by atoms with E-state index in [2.05, 4.69) is 42.8 Å². The first-order valence-electron chi connectivity index (χ1n) is 6.02. The minimum atomic E-state index is 1.01. The number of hydrogen-bond donors (Lipinski definition) is 0. The first kappa shape index (κ1) is 11.6. The molecule has 0 bridgehead atoms. The fraction of sp³-hybridized carbons (Fsp3) is 0.188. The number of aromatic nitrogens is 1. The van der Waals surface area contributed by atoms with Gasteiger partial charge in [0.15, 0.2) is 0 Å². The van der Waals surface area contributed by atoms with Crippen LogP contribution >= 0.6 is 0 Å². The third-order valence-corrected chi connectivity index (χ3v) is 2.82. The summed E-state index contributed by atoms with van der Waals surface area (Å²) in [5, 5.41) is 0. The molecule has 0 radical (unpaired) electrons. The van der Waals surface area contributed by atoms with Crippen LogP contribution in [0, 0.1) is 0 Å². The highest BCUT2D eigenvalue weighted by molar-refractivity contribution is 5.72. The lowest BCUT2D eigenvalue weighted by molar-refractivity contribution is 0.914. The van der Waals surface area contributed by atoms with Crippen LogP contribution in [0.2, 0.25) is 0 Å². The smallest absolute Gasteiger partial charge is 0.0708 e. The minimum absolute atomic E-state index is 1.01. The van der Waals surface area contributed by atoms with Crippen LogP contribution in [0.3, 0.4) is 0 Å². The molecule has 0 N–H and O–H groups in total. The van der Waals surface area contributed by atoms with Gasteiger partial charge in [0.2, 0.25) is 0 Å². The summed E-state index contributed by atoms with van der Waals surface area (Å²) < 4.78 is 0. The Morgan fingerprint density at radius 3 is 2.65 bits per heavy atom. The third-order valence-electron chi connectivity index (χ3n) is 2.82. The summed E-state index contributed by atoms with van der Waals surface area (Å²) in [5.41, 5.74) is 4.58. The van der Waals surface area contributed by atoms with Gasteiger partial charge in [0, 0.05) is 11.8 Å². The molecule has 0 aliphatic carbocycles. The zero-order chi connectivity index (χ0) is 12.1. The van der Waals surface area contributed by atoms with Crippen LogP contribution in [0.1, 0.15) is 24.5 Å². The Morgan fingerprint density at radius 2 is 2.00 bits per heavy atom. The van der Waals surface area contributed by atoms with Gasteiger partial charge >= 0.3 is 0 Å². The van der Waals surface area contributed by atoms with E-state index in [-0.39, 0.29) is 0 Å². The molecule has 0 unspecified atom stereocenters. The number of nitrogens with zero attached hydrogens (tertiary/aromatic N) is 1. The Bertz CT molecular complexity index is 497. The molecule has 0 atom stereocenters. The molecule has 0 spiro atoms. The number of hydrogen-bond acceptors (Lipinski definition) is 1. The zero-order valence-electron chi connectivity index (χ0n) is 10.2. The Morgan fingerprint density at radius 1 is 1.18 bits per heavy atom. The Hall–Kier alpha value is -1.89. The van der Waals surface area contributed by atoms with Gasteiger partial charge in [0.25, 0.3) is 0 Å². The van der Waals surface area contributed by atoms with Gasteiger partial charge in [-0.2, -0.15) is 0 Å². The van der Waals surface area contributed by atoms with E-state index in [0.717, 1.165) is 29.7 Å². The molecule has 2 rings (SSSR count). The van der Waals surface area contributed by atoms with E-state index in [0.29, 0.717) is 0 Å². The summed E-state index contributed by atoms with van der Waals surface area (Å²) in [6.45, 7) is 6.02. The van der Waals surface area contributed by atoms with Crippen molar-refractivity contribution in [2.24, 2.45) is 0 Å². The predicted octanol–water partition coefficient (Wildman–Crippen LogP) is 4.34. The molecule has 17 heavy (non-hydrogen) atoms. The number of aryl methyl sites for hydroxylation is 1. The standard InChI is InChI=1S/C16H17N/c1-3-7-13-10-11-16(17-12-13)15-9-6-5-8-14(15)4-2/h4-6,8-12H,2-3,7H2,1H3. The van der Waals surface area contributed by atoms with Crippen molar-refractivity contribution in [1.82, 2.24) is 4.98 Å². The largest absolute Gasteiger partial charge is 0.256 e. The monoisotopic (exact) mass is 223 g/mol. The molecule has 0 saturated heterocycles. The molecule has 2 aromatic rings. The van der Waals surface area contributed by atoms with E-state index >= 15 is 0 Å². The lowest BCUT2D eigenvalue weighted by Crippen LogP contribution is -1.89. The highest BCUT2D eigenvalue weighted by Gasteiger charge is 2.02. The molecule has 1 heterocycles. The van der Waals surface area contributed by atoms with E-state index in [1.54, 1.807) is 0 Å². The van der Waals surface area contributed by atoms with E-state index in [1.165, 1.54) is 5.56 Å². The van der Waals surface area contributed by atoms with Gasteiger partial charge in [-0.1, -0.05) is 56.3 Å². The van der Waals surface area contributed by atoms with E-state index < -0.39 is 0 Å². The molecule has 1 heteroatoms. The van der Waals surface area contributed by atoms with Crippen molar-refractivity contribution in [3.8, 4) is 11.3 Å². The van der Waals surface area contributed by atoms with Crippen LogP contribution in [0.15, 0.2) is 49.2 Å². The molecule has 0 amide bonds. The maximum atomic E-state index is 4.53. The highest BCUT2D eigenvalue weighted by Crippen LogP contribution is 2.22. The number of benzene rings is 1. The lowest BCUT2D eigenvalue weighted by atomic mass is 10.0. The summed E-state index contributed by atoms with van der Waals surface area (Å²) in [5.74, 6) is 0. The van der Waals surface area contributed by atoms with Crippen molar-refractivity contribution in [2.75, 3.05) is 0 Å². The van der Waals surface area contributed by atoms with Gasteiger partial charge in [0.05, 0.1) is 5.69 Å². The topological polar surface area (TPSA) is 12.9 Å². The first-order valence-corrected chi connectivity index (χ1v) is 6.02. The second-order valence-corrected chi connectivity index (χ2v) is 4.09.